The summed E-state index contributed by atoms with van der Waals surface area (Å²) in [4.78, 5) is 25.9. The van der Waals surface area contributed by atoms with Gasteiger partial charge >= 0.3 is 0 Å². The fourth-order valence-corrected chi connectivity index (χ4v) is 3.19. The molecule has 1 aliphatic rings. The van der Waals surface area contributed by atoms with Gasteiger partial charge in [0.15, 0.2) is 0 Å². The lowest BCUT2D eigenvalue weighted by atomic mass is 10.1. The quantitative estimate of drug-likeness (QED) is 0.761. The van der Waals surface area contributed by atoms with Crippen molar-refractivity contribution in [1.82, 2.24) is 15.1 Å². The van der Waals surface area contributed by atoms with Crippen LogP contribution in [0.5, 0.6) is 0 Å². The predicted octanol–water partition coefficient (Wildman–Crippen LogP) is 2.93. The summed E-state index contributed by atoms with van der Waals surface area (Å²) in [6.45, 7) is 1.20. The van der Waals surface area contributed by atoms with Gasteiger partial charge in [0, 0.05) is 43.2 Å². The van der Waals surface area contributed by atoms with E-state index >= 15 is 0 Å². The van der Waals surface area contributed by atoms with Gasteiger partial charge in [-0.3, -0.25) is 9.59 Å². The van der Waals surface area contributed by atoms with E-state index in [1.807, 2.05) is 48.7 Å². The van der Waals surface area contributed by atoms with E-state index in [-0.39, 0.29) is 11.8 Å². The van der Waals surface area contributed by atoms with Gasteiger partial charge in [-0.15, -0.1) is 0 Å². The van der Waals surface area contributed by atoms with Gasteiger partial charge in [-0.25, -0.2) is 4.68 Å². The second kappa shape index (κ2) is 7.45. The molecule has 0 radical (unpaired) electrons. The average molecular weight is 360 g/mol. The number of aromatic nitrogens is 2. The molecule has 2 heterocycles. The molecule has 1 N–H and O–H groups in total. The van der Waals surface area contributed by atoms with E-state index in [4.69, 9.17) is 0 Å². The van der Waals surface area contributed by atoms with Crippen LogP contribution in [0.1, 0.15) is 28.8 Å². The first kappa shape index (κ1) is 17.0. The Kier molecular flexibility index (Phi) is 4.70. The van der Waals surface area contributed by atoms with Gasteiger partial charge in [0.05, 0.1) is 5.69 Å². The van der Waals surface area contributed by atoms with Crippen molar-refractivity contribution in [2.24, 2.45) is 0 Å². The topological polar surface area (TPSA) is 67.2 Å². The molecule has 0 aliphatic carbocycles. The Morgan fingerprint density at radius 1 is 1.04 bits per heavy atom. The van der Waals surface area contributed by atoms with Gasteiger partial charge in [-0.05, 0) is 54.4 Å². The number of anilines is 1. The van der Waals surface area contributed by atoms with Gasteiger partial charge in [-0.2, -0.15) is 5.10 Å². The number of hydrogen-bond acceptors (Lipinski definition) is 3. The smallest absolute Gasteiger partial charge is 0.251 e. The molecule has 3 aromatic rings. The van der Waals surface area contributed by atoms with Crippen LogP contribution in [0.15, 0.2) is 67.0 Å². The molecule has 0 spiro atoms. The van der Waals surface area contributed by atoms with E-state index in [2.05, 4.69) is 10.4 Å². The fourth-order valence-electron chi connectivity index (χ4n) is 3.19. The van der Waals surface area contributed by atoms with E-state index in [0.717, 1.165) is 29.9 Å². The number of hydrogen-bond donors (Lipinski definition) is 1. The van der Waals surface area contributed by atoms with Gasteiger partial charge in [0.2, 0.25) is 5.91 Å². The molecule has 0 atom stereocenters. The first-order valence-corrected chi connectivity index (χ1v) is 8.98. The van der Waals surface area contributed by atoms with Crippen molar-refractivity contribution in [3.05, 3.63) is 78.1 Å². The van der Waals surface area contributed by atoms with Crippen molar-refractivity contribution in [3.8, 4) is 5.69 Å². The summed E-state index contributed by atoms with van der Waals surface area (Å²) in [5.41, 5.74) is 3.42. The van der Waals surface area contributed by atoms with Crippen molar-refractivity contribution in [2.75, 3.05) is 11.4 Å². The zero-order chi connectivity index (χ0) is 18.6. The number of carbonyl (C=O) groups excluding carboxylic acids is 2. The predicted molar refractivity (Wildman–Crippen MR) is 103 cm³/mol. The summed E-state index contributed by atoms with van der Waals surface area (Å²) in [6.07, 6.45) is 5.11. The highest BCUT2D eigenvalue weighted by Gasteiger charge is 2.21. The van der Waals surface area contributed by atoms with Crippen molar-refractivity contribution in [2.45, 2.75) is 19.4 Å². The Bertz CT molecular complexity index is 931. The second-order valence-corrected chi connectivity index (χ2v) is 6.50. The molecule has 0 unspecified atom stereocenters. The molecule has 1 saturated heterocycles. The molecule has 0 bridgehead atoms. The zero-order valence-electron chi connectivity index (χ0n) is 14.8. The van der Waals surface area contributed by atoms with E-state index < -0.39 is 0 Å². The van der Waals surface area contributed by atoms with Crippen LogP contribution >= 0.6 is 0 Å². The maximum atomic E-state index is 12.4. The Morgan fingerprint density at radius 3 is 2.41 bits per heavy atom. The maximum Gasteiger partial charge on any atom is 0.251 e. The molecule has 1 aliphatic heterocycles. The summed E-state index contributed by atoms with van der Waals surface area (Å²) in [5.74, 6) is 0.0104. The third kappa shape index (κ3) is 3.74. The summed E-state index contributed by atoms with van der Waals surface area (Å²) < 4.78 is 1.79. The van der Waals surface area contributed by atoms with Crippen LogP contribution in [0.25, 0.3) is 5.69 Å². The lowest BCUT2D eigenvalue weighted by Crippen LogP contribution is -2.25. The number of nitrogens with zero attached hydrogens (tertiary/aromatic N) is 3. The highest BCUT2D eigenvalue weighted by molar-refractivity contribution is 5.97. The number of rotatable bonds is 5. The summed E-state index contributed by atoms with van der Waals surface area (Å²) in [5, 5.41) is 7.12. The van der Waals surface area contributed by atoms with Crippen LogP contribution in [0.4, 0.5) is 5.69 Å². The SMILES string of the molecule is O=C(NCc1ccc(-n2cccn2)cc1)c1ccc(N2CCCC2=O)cc1. The third-order valence-electron chi connectivity index (χ3n) is 4.67. The van der Waals surface area contributed by atoms with Crippen LogP contribution in [0.3, 0.4) is 0 Å². The molecule has 6 nitrogen and oxygen atoms in total. The van der Waals surface area contributed by atoms with Gasteiger partial charge in [0.25, 0.3) is 5.91 Å². The van der Waals surface area contributed by atoms with Crippen LogP contribution in [0, 0.1) is 0 Å². The fraction of sp³-hybridized carbons (Fsp3) is 0.190. The highest BCUT2D eigenvalue weighted by atomic mass is 16.2. The van der Waals surface area contributed by atoms with Crippen LogP contribution < -0.4 is 10.2 Å². The van der Waals surface area contributed by atoms with Crippen molar-refractivity contribution in [1.29, 1.82) is 0 Å². The van der Waals surface area contributed by atoms with Crippen molar-refractivity contribution in [3.63, 3.8) is 0 Å². The minimum Gasteiger partial charge on any atom is -0.348 e. The molecule has 6 heteroatoms. The molecule has 136 valence electrons. The molecular formula is C21H20N4O2. The van der Waals surface area contributed by atoms with Gasteiger partial charge in [-0.1, -0.05) is 12.1 Å². The number of nitrogens with one attached hydrogen (secondary N) is 1. The monoisotopic (exact) mass is 360 g/mol. The first-order valence-electron chi connectivity index (χ1n) is 8.98. The largest absolute Gasteiger partial charge is 0.348 e. The van der Waals surface area contributed by atoms with E-state index in [9.17, 15) is 9.59 Å². The van der Waals surface area contributed by atoms with E-state index in [0.29, 0.717) is 18.5 Å². The average Bonchev–Trinajstić information content (AvgIpc) is 3.38. The standard InChI is InChI=1S/C21H20N4O2/c26-20-3-1-13-24(20)18-10-6-17(7-11-18)21(27)22-15-16-4-8-19(9-5-16)25-14-2-12-23-25/h2,4-12,14H,1,3,13,15H2,(H,22,27). The molecule has 2 aromatic carbocycles. The minimum atomic E-state index is -0.134. The number of benzene rings is 2. The Labute approximate surface area is 157 Å². The molecular weight excluding hydrogens is 340 g/mol. The molecule has 4 rings (SSSR count). The zero-order valence-corrected chi connectivity index (χ0v) is 14.8. The Morgan fingerprint density at radius 2 is 1.78 bits per heavy atom. The lowest BCUT2D eigenvalue weighted by molar-refractivity contribution is -0.117. The Hall–Kier alpha value is -3.41. The highest BCUT2D eigenvalue weighted by Crippen LogP contribution is 2.21. The van der Waals surface area contributed by atoms with Gasteiger partial charge < -0.3 is 10.2 Å². The second-order valence-electron chi connectivity index (χ2n) is 6.50. The summed E-state index contributed by atoms with van der Waals surface area (Å²) in [6, 6.07) is 16.9. The molecule has 1 aromatic heterocycles. The van der Waals surface area contributed by atoms with Crippen LogP contribution in [0.2, 0.25) is 0 Å². The van der Waals surface area contributed by atoms with Crippen LogP contribution in [-0.4, -0.2) is 28.1 Å². The number of carbonyl (C=O) groups is 2. The molecule has 1 fully saturated rings. The molecule has 27 heavy (non-hydrogen) atoms. The first-order chi connectivity index (χ1) is 13.2. The van der Waals surface area contributed by atoms with E-state index in [1.165, 1.54) is 0 Å². The maximum absolute atomic E-state index is 12.4. The van der Waals surface area contributed by atoms with Crippen LogP contribution in [-0.2, 0) is 11.3 Å². The van der Waals surface area contributed by atoms with Crippen molar-refractivity contribution < 1.29 is 9.59 Å². The minimum absolute atomic E-state index is 0.134. The number of amides is 2. The van der Waals surface area contributed by atoms with Gasteiger partial charge in [0.1, 0.15) is 0 Å². The van der Waals surface area contributed by atoms with Crippen molar-refractivity contribution >= 4 is 17.5 Å². The normalized spacial score (nSPS) is 13.8. The Balaban J connectivity index is 1.35. The third-order valence-corrected chi connectivity index (χ3v) is 4.67. The summed E-state index contributed by atoms with van der Waals surface area (Å²) in [7, 11) is 0. The lowest BCUT2D eigenvalue weighted by Gasteiger charge is -2.15. The molecule has 0 saturated carbocycles. The summed E-state index contributed by atoms with van der Waals surface area (Å²) >= 11 is 0. The molecule has 2 amide bonds. The van der Waals surface area contributed by atoms with E-state index in [1.54, 1.807) is 27.9 Å².